The molecule has 2 aliphatic rings. The molecule has 3 aromatic carbocycles. The van der Waals surface area contributed by atoms with E-state index < -0.39 is 29.6 Å². The van der Waals surface area contributed by atoms with Crippen LogP contribution in [-0.4, -0.2) is 34.7 Å². The van der Waals surface area contributed by atoms with Gasteiger partial charge in [-0.05, 0) is 42.3 Å². The summed E-state index contributed by atoms with van der Waals surface area (Å²) >= 11 is 0. The second kappa shape index (κ2) is 9.00. The molecule has 3 aromatic rings. The van der Waals surface area contributed by atoms with E-state index in [1.54, 1.807) is 36.4 Å². The first-order valence-electron chi connectivity index (χ1n) is 11.1. The molecule has 2 heterocycles. The minimum Gasteiger partial charge on any atom is -0.478 e. The maximum Gasteiger partial charge on any atom is 0.335 e. The van der Waals surface area contributed by atoms with E-state index in [9.17, 15) is 14.7 Å². The van der Waals surface area contributed by atoms with Crippen LogP contribution in [-0.2, 0) is 20.7 Å². The van der Waals surface area contributed by atoms with E-state index in [2.05, 4.69) is 10.6 Å². The summed E-state index contributed by atoms with van der Waals surface area (Å²) in [6.45, 7) is 0. The van der Waals surface area contributed by atoms with Gasteiger partial charge in [-0.1, -0.05) is 72.8 Å². The third-order valence-corrected chi connectivity index (χ3v) is 6.19. The van der Waals surface area contributed by atoms with E-state index in [4.69, 9.17) is 4.74 Å². The molecule has 5 rings (SSSR count). The van der Waals surface area contributed by atoms with Gasteiger partial charge >= 0.3 is 5.97 Å². The summed E-state index contributed by atoms with van der Waals surface area (Å²) in [5, 5.41) is 16.6. The maximum absolute atomic E-state index is 13.2. The van der Waals surface area contributed by atoms with Crippen molar-refractivity contribution in [1.29, 1.82) is 0 Å². The van der Waals surface area contributed by atoms with Crippen LogP contribution in [0.2, 0.25) is 0 Å². The van der Waals surface area contributed by atoms with Crippen LogP contribution < -0.4 is 10.6 Å². The Kier molecular flexibility index (Phi) is 5.74. The highest BCUT2D eigenvalue weighted by Gasteiger charge is 2.57. The molecule has 6 heteroatoms. The molecule has 0 saturated carbocycles. The summed E-state index contributed by atoms with van der Waals surface area (Å²) in [4.78, 5) is 25.8. The number of hydrogen-bond donors (Lipinski definition) is 3. The molecule has 170 valence electrons. The second-order valence-corrected chi connectivity index (χ2v) is 8.36. The van der Waals surface area contributed by atoms with Gasteiger partial charge in [0.05, 0.1) is 17.2 Å². The number of carbonyl (C=O) groups excluding carboxylic acids is 1. The van der Waals surface area contributed by atoms with Crippen molar-refractivity contribution < 1.29 is 19.4 Å². The predicted octanol–water partition coefficient (Wildman–Crippen LogP) is 4.44. The number of hydrogen-bond acceptors (Lipinski definition) is 4. The first-order valence-corrected chi connectivity index (χ1v) is 11.1. The fourth-order valence-electron chi connectivity index (χ4n) is 4.68. The van der Waals surface area contributed by atoms with E-state index in [-0.39, 0.29) is 11.1 Å². The molecule has 6 nitrogen and oxygen atoms in total. The van der Waals surface area contributed by atoms with Gasteiger partial charge in [-0.15, -0.1) is 0 Å². The average Bonchev–Trinajstić information content (AvgIpc) is 3.44. The van der Waals surface area contributed by atoms with Crippen LogP contribution in [0.25, 0.3) is 0 Å². The molecule has 3 N–H and O–H groups in total. The molecule has 2 aliphatic heterocycles. The Hall–Kier alpha value is -4.16. The molecule has 2 bridgehead atoms. The van der Waals surface area contributed by atoms with E-state index in [1.807, 2.05) is 66.7 Å². The summed E-state index contributed by atoms with van der Waals surface area (Å²) in [5.74, 6) is -1.64. The van der Waals surface area contributed by atoms with Gasteiger partial charge in [-0.25, -0.2) is 4.79 Å². The lowest BCUT2D eigenvalue weighted by Crippen LogP contribution is -2.49. The molecule has 0 spiro atoms. The normalized spacial score (nSPS) is 21.4. The van der Waals surface area contributed by atoms with Crippen LogP contribution in [0.15, 0.2) is 114 Å². The number of para-hydroxylation sites is 2. The number of anilines is 2. The van der Waals surface area contributed by atoms with Crippen molar-refractivity contribution in [2.75, 3.05) is 10.6 Å². The monoisotopic (exact) mass is 452 g/mol. The SMILES string of the molecule is O=C(O)C1=C(C(=O)Nc2ccccc2)C2C=CC1(C(Cc1ccccc1)Nc1ccccc1)O2. The average molecular weight is 453 g/mol. The highest BCUT2D eigenvalue weighted by molar-refractivity contribution is 6.12. The van der Waals surface area contributed by atoms with E-state index in [1.165, 1.54) is 0 Å². The second-order valence-electron chi connectivity index (χ2n) is 8.36. The molecule has 3 unspecified atom stereocenters. The van der Waals surface area contributed by atoms with Gasteiger partial charge < -0.3 is 20.5 Å². The number of ether oxygens (including phenoxy) is 1. The maximum atomic E-state index is 13.2. The molecule has 1 amide bonds. The van der Waals surface area contributed by atoms with Crippen molar-refractivity contribution in [2.45, 2.75) is 24.2 Å². The molecule has 0 aromatic heterocycles. The van der Waals surface area contributed by atoms with Crippen molar-refractivity contribution in [3.8, 4) is 0 Å². The fourth-order valence-corrected chi connectivity index (χ4v) is 4.68. The van der Waals surface area contributed by atoms with Gasteiger partial charge in [0.1, 0.15) is 11.7 Å². The van der Waals surface area contributed by atoms with E-state index in [0.29, 0.717) is 12.1 Å². The topological polar surface area (TPSA) is 87.7 Å². The van der Waals surface area contributed by atoms with Crippen LogP contribution in [0.1, 0.15) is 5.56 Å². The number of aliphatic carboxylic acids is 1. The summed E-state index contributed by atoms with van der Waals surface area (Å²) < 4.78 is 6.32. The number of amides is 1. The number of nitrogens with one attached hydrogen (secondary N) is 2. The van der Waals surface area contributed by atoms with Crippen LogP contribution in [0.4, 0.5) is 11.4 Å². The standard InChI is InChI=1S/C28H24N2O4/c31-26(30-21-14-8-3-9-15-21)24-22-16-17-28(34-22,25(24)27(32)33)23(18-19-10-4-1-5-11-19)29-20-12-6-2-7-13-20/h1-17,22-23,29H,18H2,(H,30,31)(H,32,33). The number of benzene rings is 3. The fraction of sp³-hybridized carbons (Fsp3) is 0.143. The first-order chi connectivity index (χ1) is 16.6. The summed E-state index contributed by atoms with van der Waals surface area (Å²) in [6, 6.07) is 27.9. The Balaban J connectivity index is 1.55. The number of fused-ring (bicyclic) bond motifs is 2. The molecular formula is C28H24N2O4. The Bertz CT molecular complexity index is 1210. The van der Waals surface area contributed by atoms with Crippen molar-refractivity contribution in [3.63, 3.8) is 0 Å². The van der Waals surface area contributed by atoms with Gasteiger partial charge in [0.15, 0.2) is 0 Å². The largest absolute Gasteiger partial charge is 0.478 e. The van der Waals surface area contributed by atoms with E-state index in [0.717, 1.165) is 11.3 Å². The van der Waals surface area contributed by atoms with Crippen molar-refractivity contribution in [1.82, 2.24) is 0 Å². The van der Waals surface area contributed by atoms with Gasteiger partial charge in [-0.3, -0.25) is 4.79 Å². The molecule has 0 radical (unpaired) electrons. The molecule has 34 heavy (non-hydrogen) atoms. The molecule has 0 fully saturated rings. The van der Waals surface area contributed by atoms with Crippen LogP contribution in [0.5, 0.6) is 0 Å². The lowest BCUT2D eigenvalue weighted by Gasteiger charge is -2.35. The lowest BCUT2D eigenvalue weighted by atomic mass is 9.79. The quantitative estimate of drug-likeness (QED) is 0.440. The smallest absolute Gasteiger partial charge is 0.335 e. The third-order valence-electron chi connectivity index (χ3n) is 6.19. The zero-order chi connectivity index (χ0) is 23.5. The van der Waals surface area contributed by atoms with E-state index >= 15 is 0 Å². The molecular weight excluding hydrogens is 428 g/mol. The number of carboxylic acids is 1. The molecule has 0 saturated heterocycles. The van der Waals surface area contributed by atoms with Crippen molar-refractivity contribution in [2.24, 2.45) is 0 Å². The zero-order valence-corrected chi connectivity index (χ0v) is 18.3. The lowest BCUT2D eigenvalue weighted by molar-refractivity contribution is -0.134. The number of carbonyl (C=O) groups is 2. The highest BCUT2D eigenvalue weighted by Crippen LogP contribution is 2.47. The summed E-state index contributed by atoms with van der Waals surface area (Å²) in [5.41, 5.74) is 1.26. The predicted molar refractivity (Wildman–Crippen MR) is 130 cm³/mol. The van der Waals surface area contributed by atoms with Crippen LogP contribution >= 0.6 is 0 Å². The summed E-state index contributed by atoms with van der Waals surface area (Å²) in [7, 11) is 0. The van der Waals surface area contributed by atoms with Gasteiger partial charge in [0.25, 0.3) is 5.91 Å². The van der Waals surface area contributed by atoms with Gasteiger partial charge in [0, 0.05) is 11.4 Å². The van der Waals surface area contributed by atoms with Gasteiger partial charge in [-0.2, -0.15) is 0 Å². The minimum atomic E-state index is -1.30. The Labute approximate surface area is 197 Å². The first kappa shape index (κ1) is 21.7. The highest BCUT2D eigenvalue weighted by atomic mass is 16.5. The number of rotatable bonds is 8. The van der Waals surface area contributed by atoms with Crippen molar-refractivity contribution in [3.05, 3.63) is 120 Å². The third kappa shape index (κ3) is 4.00. The molecule has 0 aliphatic carbocycles. The Morgan fingerprint density at radius 3 is 2.09 bits per heavy atom. The zero-order valence-electron chi connectivity index (χ0n) is 18.3. The molecule has 3 atom stereocenters. The number of carboxylic acid groups (broad SMARTS) is 1. The van der Waals surface area contributed by atoms with Crippen LogP contribution in [0, 0.1) is 0 Å². The van der Waals surface area contributed by atoms with Crippen LogP contribution in [0.3, 0.4) is 0 Å². The Morgan fingerprint density at radius 2 is 1.47 bits per heavy atom. The van der Waals surface area contributed by atoms with Crippen molar-refractivity contribution >= 4 is 23.3 Å². The Morgan fingerprint density at radius 1 is 0.882 bits per heavy atom. The minimum absolute atomic E-state index is 0.0298. The summed E-state index contributed by atoms with van der Waals surface area (Å²) in [6.07, 6.45) is 3.32. The van der Waals surface area contributed by atoms with Gasteiger partial charge in [0.2, 0.25) is 0 Å².